The van der Waals surface area contributed by atoms with Crippen molar-refractivity contribution in [1.29, 1.82) is 0 Å². The highest BCUT2D eigenvalue weighted by Crippen LogP contribution is 2.31. The fourth-order valence-corrected chi connectivity index (χ4v) is 2.61. The van der Waals surface area contributed by atoms with Crippen molar-refractivity contribution in [2.45, 2.75) is 44.6 Å². The van der Waals surface area contributed by atoms with Crippen LogP contribution in [-0.4, -0.2) is 6.10 Å². The Morgan fingerprint density at radius 2 is 1.94 bits per heavy atom. The van der Waals surface area contributed by atoms with E-state index in [1.165, 1.54) is 12.1 Å². The molecule has 0 heterocycles. The first-order valence-corrected chi connectivity index (χ1v) is 6.84. The highest BCUT2D eigenvalue weighted by Gasteiger charge is 2.23. The molecule has 0 radical (unpaired) electrons. The van der Waals surface area contributed by atoms with Crippen molar-refractivity contribution in [3.05, 3.63) is 29.3 Å². The molecule has 0 N–H and O–H groups in total. The van der Waals surface area contributed by atoms with Crippen LogP contribution in [0.3, 0.4) is 0 Å². The first-order valence-electron chi connectivity index (χ1n) is 6.30. The quantitative estimate of drug-likeness (QED) is 0.729. The largest absolute Gasteiger partial charge is 0.484 e. The van der Waals surface area contributed by atoms with Crippen molar-refractivity contribution >= 4 is 11.6 Å². The van der Waals surface area contributed by atoms with Gasteiger partial charge in [-0.3, -0.25) is 0 Å². The number of ether oxygens (including phenoxy) is 1. The molecule has 1 saturated carbocycles. The molecule has 1 fully saturated rings. The van der Waals surface area contributed by atoms with Crippen LogP contribution in [-0.2, 0) is 5.88 Å². The van der Waals surface area contributed by atoms with Gasteiger partial charge in [0.25, 0.3) is 0 Å². The summed E-state index contributed by atoms with van der Waals surface area (Å²) < 4.78 is 32.9. The van der Waals surface area contributed by atoms with Crippen molar-refractivity contribution < 1.29 is 13.5 Å². The zero-order chi connectivity index (χ0) is 13.1. The van der Waals surface area contributed by atoms with Gasteiger partial charge in [0.15, 0.2) is 17.4 Å². The zero-order valence-corrected chi connectivity index (χ0v) is 11.1. The first-order chi connectivity index (χ1) is 8.60. The van der Waals surface area contributed by atoms with E-state index in [0.717, 1.165) is 25.7 Å². The van der Waals surface area contributed by atoms with E-state index in [0.29, 0.717) is 11.5 Å². The summed E-state index contributed by atoms with van der Waals surface area (Å²) in [4.78, 5) is 0. The van der Waals surface area contributed by atoms with Gasteiger partial charge in [-0.25, -0.2) is 8.78 Å². The summed E-state index contributed by atoms with van der Waals surface area (Å²) in [5, 5.41) is 0. The molecule has 1 nitrogen and oxygen atoms in total. The maximum atomic E-state index is 13.7. The number of rotatable bonds is 3. The summed E-state index contributed by atoms with van der Waals surface area (Å²) >= 11 is 5.56. The van der Waals surface area contributed by atoms with E-state index < -0.39 is 11.6 Å². The van der Waals surface area contributed by atoms with Gasteiger partial charge in [-0.05, 0) is 42.9 Å². The Bertz CT molecular complexity index is 399. The minimum absolute atomic E-state index is 0.0837. The molecule has 1 aromatic rings. The Kier molecular flexibility index (Phi) is 4.44. The molecule has 2 unspecified atom stereocenters. The molecule has 0 bridgehead atoms. The zero-order valence-electron chi connectivity index (χ0n) is 10.4. The average Bonchev–Trinajstić information content (AvgIpc) is 2.33. The number of hydrogen-bond donors (Lipinski definition) is 0. The van der Waals surface area contributed by atoms with Crippen molar-refractivity contribution in [2.24, 2.45) is 5.92 Å². The second-order valence-corrected chi connectivity index (χ2v) is 5.30. The molecule has 0 saturated heterocycles. The molecule has 0 aliphatic heterocycles. The van der Waals surface area contributed by atoms with Crippen LogP contribution in [0, 0.1) is 17.6 Å². The van der Waals surface area contributed by atoms with Crippen LogP contribution in [0.5, 0.6) is 5.75 Å². The average molecular weight is 275 g/mol. The minimum Gasteiger partial charge on any atom is -0.484 e. The highest BCUT2D eigenvalue weighted by atomic mass is 35.5. The summed E-state index contributed by atoms with van der Waals surface area (Å²) in [5.41, 5.74) is 0.427. The predicted molar refractivity (Wildman–Crippen MR) is 68.0 cm³/mol. The smallest absolute Gasteiger partial charge is 0.191 e. The lowest BCUT2D eigenvalue weighted by molar-refractivity contribution is 0.118. The Hall–Kier alpha value is -0.830. The van der Waals surface area contributed by atoms with E-state index in [4.69, 9.17) is 16.3 Å². The first kappa shape index (κ1) is 13.6. The van der Waals surface area contributed by atoms with E-state index >= 15 is 0 Å². The lowest BCUT2D eigenvalue weighted by Gasteiger charge is -2.27. The lowest BCUT2D eigenvalue weighted by atomic mass is 9.89. The Morgan fingerprint density at radius 1 is 1.28 bits per heavy atom. The minimum atomic E-state index is -0.663. The summed E-state index contributed by atoms with van der Waals surface area (Å²) in [6, 6.07) is 2.47. The SMILES string of the molecule is CC1CCCC(Oc2c(F)cc(CCl)cc2F)C1. The molecular formula is C14H17ClF2O. The monoisotopic (exact) mass is 274 g/mol. The predicted octanol–water partition coefficient (Wildman–Crippen LogP) is 4.66. The van der Waals surface area contributed by atoms with Crippen LogP contribution >= 0.6 is 11.6 Å². The third-order valence-electron chi connectivity index (χ3n) is 3.39. The molecule has 0 aromatic heterocycles. The van der Waals surface area contributed by atoms with Gasteiger partial charge >= 0.3 is 0 Å². The van der Waals surface area contributed by atoms with Crippen molar-refractivity contribution in [3.8, 4) is 5.75 Å². The van der Waals surface area contributed by atoms with Gasteiger partial charge in [0.05, 0.1) is 6.10 Å². The molecule has 0 spiro atoms. The van der Waals surface area contributed by atoms with Crippen LogP contribution in [0.4, 0.5) is 8.78 Å². The van der Waals surface area contributed by atoms with E-state index in [1.807, 2.05) is 0 Å². The van der Waals surface area contributed by atoms with E-state index in [-0.39, 0.29) is 17.7 Å². The van der Waals surface area contributed by atoms with Gasteiger partial charge in [-0.15, -0.1) is 11.6 Å². The third-order valence-corrected chi connectivity index (χ3v) is 3.69. The van der Waals surface area contributed by atoms with Crippen LogP contribution < -0.4 is 4.74 Å². The lowest BCUT2D eigenvalue weighted by Crippen LogP contribution is -2.25. The maximum absolute atomic E-state index is 13.7. The Morgan fingerprint density at radius 3 is 2.50 bits per heavy atom. The fourth-order valence-electron chi connectivity index (χ4n) is 2.45. The third kappa shape index (κ3) is 3.14. The van der Waals surface area contributed by atoms with Crippen LogP contribution in [0.2, 0.25) is 0 Å². The van der Waals surface area contributed by atoms with Crippen molar-refractivity contribution in [1.82, 2.24) is 0 Å². The van der Waals surface area contributed by atoms with Crippen LogP contribution in [0.1, 0.15) is 38.2 Å². The summed E-state index contributed by atoms with van der Waals surface area (Å²) in [6.45, 7) is 2.14. The van der Waals surface area contributed by atoms with Crippen LogP contribution in [0.15, 0.2) is 12.1 Å². The van der Waals surface area contributed by atoms with Crippen LogP contribution in [0.25, 0.3) is 0 Å². The summed E-state index contributed by atoms with van der Waals surface area (Å²) in [5.74, 6) is -0.943. The molecule has 2 atom stereocenters. The van der Waals surface area contributed by atoms with Gasteiger partial charge in [-0.1, -0.05) is 13.3 Å². The summed E-state index contributed by atoms with van der Waals surface area (Å²) in [6.07, 6.45) is 3.85. The maximum Gasteiger partial charge on any atom is 0.191 e. The molecule has 1 aliphatic carbocycles. The number of halogens is 3. The Labute approximate surface area is 111 Å². The van der Waals surface area contributed by atoms with Gasteiger partial charge in [0, 0.05) is 5.88 Å². The number of alkyl halides is 1. The van der Waals surface area contributed by atoms with Gasteiger partial charge in [0.1, 0.15) is 0 Å². The molecule has 2 rings (SSSR count). The molecule has 100 valence electrons. The van der Waals surface area contributed by atoms with Gasteiger partial charge in [-0.2, -0.15) is 0 Å². The second kappa shape index (κ2) is 5.87. The second-order valence-electron chi connectivity index (χ2n) is 5.03. The fraction of sp³-hybridized carbons (Fsp3) is 0.571. The molecular weight excluding hydrogens is 258 g/mol. The number of benzene rings is 1. The highest BCUT2D eigenvalue weighted by molar-refractivity contribution is 6.17. The molecule has 1 aliphatic rings. The molecule has 18 heavy (non-hydrogen) atoms. The number of hydrogen-bond acceptors (Lipinski definition) is 1. The summed E-state index contributed by atoms with van der Waals surface area (Å²) in [7, 11) is 0. The molecule has 0 amide bonds. The van der Waals surface area contributed by atoms with Crippen molar-refractivity contribution in [2.75, 3.05) is 0 Å². The topological polar surface area (TPSA) is 9.23 Å². The van der Waals surface area contributed by atoms with Gasteiger partial charge < -0.3 is 4.74 Å². The van der Waals surface area contributed by atoms with E-state index in [9.17, 15) is 8.78 Å². The molecule has 4 heteroatoms. The molecule has 1 aromatic carbocycles. The van der Waals surface area contributed by atoms with E-state index in [2.05, 4.69) is 6.92 Å². The normalized spacial score (nSPS) is 24.0. The Balaban J connectivity index is 2.13. The van der Waals surface area contributed by atoms with Gasteiger partial charge in [0.2, 0.25) is 0 Å². The standard InChI is InChI=1S/C14H17ClF2O/c1-9-3-2-4-11(5-9)18-14-12(16)6-10(8-15)7-13(14)17/h6-7,9,11H,2-5,8H2,1H3. The van der Waals surface area contributed by atoms with E-state index in [1.54, 1.807) is 0 Å². The van der Waals surface area contributed by atoms with Crippen molar-refractivity contribution in [3.63, 3.8) is 0 Å².